The predicted molar refractivity (Wildman–Crippen MR) is 111 cm³/mol. The number of guanidine groups is 1. The molecule has 0 atom stereocenters. The molecule has 0 saturated heterocycles. The van der Waals surface area contributed by atoms with Gasteiger partial charge in [0.2, 0.25) is 0 Å². The lowest BCUT2D eigenvalue weighted by molar-refractivity contribution is 0.0954. The summed E-state index contributed by atoms with van der Waals surface area (Å²) in [7, 11) is 1.72. The van der Waals surface area contributed by atoms with Crippen molar-refractivity contribution in [2.45, 2.75) is 13.5 Å². The van der Waals surface area contributed by atoms with Gasteiger partial charge in [0.15, 0.2) is 5.96 Å². The van der Waals surface area contributed by atoms with Crippen molar-refractivity contribution < 1.29 is 4.79 Å². The van der Waals surface area contributed by atoms with E-state index in [1.54, 1.807) is 31.6 Å². The Morgan fingerprint density at radius 1 is 1.08 bits per heavy atom. The first kappa shape index (κ1) is 20.9. The topological polar surface area (TPSA) is 78.4 Å². The van der Waals surface area contributed by atoms with Gasteiger partial charge in [-0.05, 0) is 24.6 Å². The van der Waals surface area contributed by atoms with E-state index in [4.69, 9.17) is 0 Å². The third-order valence-electron chi connectivity index (χ3n) is 3.43. The average molecular weight is 453 g/mol. The second-order valence-corrected chi connectivity index (χ2v) is 5.34. The molecule has 134 valence electrons. The van der Waals surface area contributed by atoms with Crippen LogP contribution in [0.15, 0.2) is 53.8 Å². The molecule has 1 amide bonds. The van der Waals surface area contributed by atoms with E-state index < -0.39 is 0 Å². The third kappa shape index (κ3) is 7.51. The van der Waals surface area contributed by atoms with Crippen LogP contribution < -0.4 is 16.0 Å². The minimum atomic E-state index is -0.132. The maximum absolute atomic E-state index is 11.9. The van der Waals surface area contributed by atoms with Crippen molar-refractivity contribution in [2.75, 3.05) is 20.1 Å². The summed E-state index contributed by atoms with van der Waals surface area (Å²) in [5.41, 5.74) is 2.98. The number of hydrogen-bond donors (Lipinski definition) is 3. The van der Waals surface area contributed by atoms with E-state index in [1.165, 1.54) is 11.1 Å². The smallest absolute Gasteiger partial charge is 0.252 e. The van der Waals surface area contributed by atoms with Crippen molar-refractivity contribution in [3.8, 4) is 0 Å². The first-order valence-electron chi connectivity index (χ1n) is 7.87. The lowest BCUT2D eigenvalue weighted by Gasteiger charge is -2.12. The Balaban J connectivity index is 0.00000312. The molecule has 0 spiro atoms. The molecular formula is C18H24IN5O. The molecule has 2 rings (SSSR count). The number of hydrogen-bond acceptors (Lipinski definition) is 3. The normalized spacial score (nSPS) is 10.6. The number of aromatic nitrogens is 1. The second kappa shape index (κ2) is 11.4. The zero-order chi connectivity index (χ0) is 17.2. The molecule has 0 unspecified atom stereocenters. The summed E-state index contributed by atoms with van der Waals surface area (Å²) in [6.45, 7) is 3.85. The van der Waals surface area contributed by atoms with Gasteiger partial charge in [-0.1, -0.05) is 29.8 Å². The molecule has 0 saturated carbocycles. The molecule has 2 aromatic rings. The Hall–Kier alpha value is -2.16. The Morgan fingerprint density at radius 3 is 2.44 bits per heavy atom. The van der Waals surface area contributed by atoms with Gasteiger partial charge in [0.25, 0.3) is 5.91 Å². The van der Waals surface area contributed by atoms with Crippen LogP contribution >= 0.6 is 24.0 Å². The largest absolute Gasteiger partial charge is 0.355 e. The number of nitrogens with zero attached hydrogens (tertiary/aromatic N) is 2. The fraction of sp³-hybridized carbons (Fsp3) is 0.278. The van der Waals surface area contributed by atoms with Gasteiger partial charge in [-0.3, -0.25) is 14.8 Å². The fourth-order valence-electron chi connectivity index (χ4n) is 2.07. The van der Waals surface area contributed by atoms with Gasteiger partial charge < -0.3 is 16.0 Å². The van der Waals surface area contributed by atoms with Crippen molar-refractivity contribution in [3.63, 3.8) is 0 Å². The number of amides is 1. The summed E-state index contributed by atoms with van der Waals surface area (Å²) < 4.78 is 0. The zero-order valence-corrected chi connectivity index (χ0v) is 16.8. The molecule has 6 nitrogen and oxygen atoms in total. The lowest BCUT2D eigenvalue weighted by atomic mass is 10.1. The van der Waals surface area contributed by atoms with Crippen LogP contribution in [0, 0.1) is 6.92 Å². The summed E-state index contributed by atoms with van der Waals surface area (Å²) >= 11 is 0. The number of pyridine rings is 1. The van der Waals surface area contributed by atoms with E-state index in [-0.39, 0.29) is 29.9 Å². The summed E-state index contributed by atoms with van der Waals surface area (Å²) in [5.74, 6) is 0.568. The molecule has 1 aromatic heterocycles. The zero-order valence-electron chi connectivity index (χ0n) is 14.5. The molecule has 0 radical (unpaired) electrons. The molecule has 0 bridgehead atoms. The first-order valence-corrected chi connectivity index (χ1v) is 7.87. The number of rotatable bonds is 6. The van der Waals surface area contributed by atoms with Crippen LogP contribution in [0.1, 0.15) is 21.5 Å². The maximum Gasteiger partial charge on any atom is 0.252 e. The molecule has 1 aromatic carbocycles. The number of benzene rings is 1. The number of aryl methyl sites for hydroxylation is 1. The highest BCUT2D eigenvalue weighted by molar-refractivity contribution is 14.0. The molecule has 7 heteroatoms. The summed E-state index contributed by atoms with van der Waals surface area (Å²) in [4.78, 5) is 20.0. The molecule has 3 N–H and O–H groups in total. The van der Waals surface area contributed by atoms with Crippen LogP contribution in [0.3, 0.4) is 0 Å². The molecular weight excluding hydrogens is 429 g/mol. The SMILES string of the molecule is CN=C(NCCNC(=O)c1cccnc1)NCc1ccc(C)cc1.I. The van der Waals surface area contributed by atoms with Crippen molar-refractivity contribution in [2.24, 2.45) is 4.99 Å². The van der Waals surface area contributed by atoms with E-state index in [2.05, 4.69) is 57.1 Å². The molecule has 1 heterocycles. The Labute approximate surface area is 165 Å². The van der Waals surface area contributed by atoms with Crippen LogP contribution in [0.5, 0.6) is 0 Å². The molecule has 0 aliphatic carbocycles. The van der Waals surface area contributed by atoms with Gasteiger partial charge in [0.05, 0.1) is 5.56 Å². The van der Waals surface area contributed by atoms with E-state index in [0.29, 0.717) is 31.2 Å². The van der Waals surface area contributed by atoms with Crippen LogP contribution in [0.25, 0.3) is 0 Å². The highest BCUT2D eigenvalue weighted by Crippen LogP contribution is 2.02. The number of carbonyl (C=O) groups is 1. The summed E-state index contributed by atoms with van der Waals surface area (Å²) in [6, 6.07) is 11.8. The summed E-state index contributed by atoms with van der Waals surface area (Å²) in [6.07, 6.45) is 3.19. The van der Waals surface area contributed by atoms with Crippen molar-refractivity contribution >= 4 is 35.8 Å². The highest BCUT2D eigenvalue weighted by atomic mass is 127. The molecule has 25 heavy (non-hydrogen) atoms. The van der Waals surface area contributed by atoms with Crippen LogP contribution in [-0.4, -0.2) is 37.0 Å². The van der Waals surface area contributed by atoms with Crippen molar-refractivity contribution in [3.05, 3.63) is 65.5 Å². The van der Waals surface area contributed by atoms with Gasteiger partial charge in [-0.15, -0.1) is 24.0 Å². The van der Waals surface area contributed by atoms with Gasteiger partial charge in [-0.2, -0.15) is 0 Å². The predicted octanol–water partition coefficient (Wildman–Crippen LogP) is 2.10. The van der Waals surface area contributed by atoms with E-state index in [0.717, 1.165) is 0 Å². The quantitative estimate of drug-likeness (QED) is 0.271. The lowest BCUT2D eigenvalue weighted by Crippen LogP contribution is -2.41. The van der Waals surface area contributed by atoms with Crippen molar-refractivity contribution in [1.82, 2.24) is 20.9 Å². The fourth-order valence-corrected chi connectivity index (χ4v) is 2.07. The second-order valence-electron chi connectivity index (χ2n) is 5.34. The van der Waals surface area contributed by atoms with Crippen molar-refractivity contribution in [1.29, 1.82) is 0 Å². The highest BCUT2D eigenvalue weighted by Gasteiger charge is 2.04. The van der Waals surface area contributed by atoms with E-state index in [1.807, 2.05) is 0 Å². The first-order chi connectivity index (χ1) is 11.7. The van der Waals surface area contributed by atoms with E-state index in [9.17, 15) is 4.79 Å². The van der Waals surface area contributed by atoms with Crippen LogP contribution in [-0.2, 0) is 6.54 Å². The Bertz CT molecular complexity index is 674. The van der Waals surface area contributed by atoms with Gasteiger partial charge in [-0.25, -0.2) is 0 Å². The number of carbonyl (C=O) groups excluding carboxylic acids is 1. The Kier molecular flexibility index (Phi) is 9.53. The minimum Gasteiger partial charge on any atom is -0.355 e. The maximum atomic E-state index is 11.9. The monoisotopic (exact) mass is 453 g/mol. The van der Waals surface area contributed by atoms with Crippen LogP contribution in [0.2, 0.25) is 0 Å². The molecule has 0 aliphatic rings. The van der Waals surface area contributed by atoms with E-state index >= 15 is 0 Å². The number of aliphatic imine (C=N–C) groups is 1. The number of nitrogens with one attached hydrogen (secondary N) is 3. The van der Waals surface area contributed by atoms with Crippen LogP contribution in [0.4, 0.5) is 0 Å². The summed E-state index contributed by atoms with van der Waals surface area (Å²) in [5, 5.41) is 9.24. The minimum absolute atomic E-state index is 0. The standard InChI is InChI=1S/C18H23N5O.HI/c1-14-5-7-15(8-6-14)12-23-18(19-2)22-11-10-21-17(24)16-4-3-9-20-13-16;/h3-9,13H,10-12H2,1-2H3,(H,21,24)(H2,19,22,23);1H. The van der Waals surface area contributed by atoms with Gasteiger partial charge in [0, 0.05) is 39.1 Å². The third-order valence-corrected chi connectivity index (χ3v) is 3.43. The molecule has 0 aliphatic heterocycles. The van der Waals surface area contributed by atoms with Gasteiger partial charge >= 0.3 is 0 Å². The number of halogens is 1. The Morgan fingerprint density at radius 2 is 1.80 bits per heavy atom. The molecule has 0 fully saturated rings. The van der Waals surface area contributed by atoms with Gasteiger partial charge in [0.1, 0.15) is 0 Å². The average Bonchev–Trinajstić information content (AvgIpc) is 2.63.